The Morgan fingerprint density at radius 2 is 2.29 bits per heavy atom. The van der Waals surface area contributed by atoms with Crippen molar-refractivity contribution in [2.75, 3.05) is 6.54 Å². The second-order valence-electron chi connectivity index (χ2n) is 6.13. The lowest BCUT2D eigenvalue weighted by Crippen LogP contribution is -2.24. The number of β-amino-alcohol motifs (C(OH)–C–C–N with tert-alkyl or cyclic N) is 1. The molecule has 0 saturated carbocycles. The van der Waals surface area contributed by atoms with Gasteiger partial charge in [0.2, 0.25) is 11.8 Å². The van der Waals surface area contributed by atoms with Gasteiger partial charge in [0.05, 0.1) is 23.2 Å². The molecule has 0 amide bonds. The van der Waals surface area contributed by atoms with Crippen molar-refractivity contribution in [2.45, 2.75) is 32.0 Å². The van der Waals surface area contributed by atoms with E-state index >= 15 is 0 Å². The van der Waals surface area contributed by atoms with Gasteiger partial charge in [-0.15, -0.1) is 10.2 Å². The Morgan fingerprint density at radius 1 is 1.42 bits per heavy atom. The molecular weight excluding hydrogens is 306 g/mol. The van der Waals surface area contributed by atoms with E-state index in [9.17, 15) is 10.4 Å². The summed E-state index contributed by atoms with van der Waals surface area (Å²) in [6, 6.07) is 7.95. The number of hydrogen-bond acceptors (Lipinski definition) is 6. The minimum atomic E-state index is -0.440. The van der Waals surface area contributed by atoms with Crippen LogP contribution < -0.4 is 0 Å². The molecule has 1 N–H and O–H groups in total. The van der Waals surface area contributed by atoms with Gasteiger partial charge in [0, 0.05) is 38.0 Å². The summed E-state index contributed by atoms with van der Waals surface area (Å²) in [4.78, 5) is 2.09. The van der Waals surface area contributed by atoms with E-state index in [1.165, 1.54) is 0 Å². The average Bonchev–Trinajstić information content (AvgIpc) is 3.24. The largest absolute Gasteiger partial charge is 0.424 e. The minimum Gasteiger partial charge on any atom is -0.424 e. The molecule has 1 saturated heterocycles. The molecule has 122 valence electrons. The smallest absolute Gasteiger partial charge is 0.233 e. The van der Waals surface area contributed by atoms with Crippen molar-refractivity contribution in [3.8, 4) is 6.07 Å². The van der Waals surface area contributed by atoms with E-state index < -0.39 is 6.10 Å². The monoisotopic (exact) mass is 323 g/mol. The summed E-state index contributed by atoms with van der Waals surface area (Å²) in [6.45, 7) is 2.82. The molecule has 7 heteroatoms. The zero-order valence-electron chi connectivity index (χ0n) is 13.3. The third-order valence-electron chi connectivity index (χ3n) is 4.46. The first-order valence-electron chi connectivity index (χ1n) is 7.86. The average molecular weight is 323 g/mol. The van der Waals surface area contributed by atoms with Gasteiger partial charge in [0.1, 0.15) is 6.07 Å². The van der Waals surface area contributed by atoms with Crippen molar-refractivity contribution in [1.82, 2.24) is 19.5 Å². The highest BCUT2D eigenvalue weighted by molar-refractivity contribution is 5.65. The number of aryl methyl sites for hydroxylation is 1. The fraction of sp³-hybridized carbons (Fsp3) is 0.353. The van der Waals surface area contributed by atoms with Crippen molar-refractivity contribution in [2.24, 2.45) is 0 Å². The number of aliphatic hydroxyl groups excluding tert-OH is 1. The Bertz CT molecular complexity index is 923. The molecule has 2 atom stereocenters. The highest BCUT2D eigenvalue weighted by atomic mass is 16.4. The number of aliphatic hydroxyl groups is 1. The number of nitrogens with zero attached hydrogens (tertiary/aromatic N) is 5. The Labute approximate surface area is 138 Å². The number of pyridine rings is 1. The van der Waals surface area contributed by atoms with Crippen molar-refractivity contribution >= 4 is 5.52 Å². The molecule has 0 radical (unpaired) electrons. The van der Waals surface area contributed by atoms with Crippen LogP contribution in [0.2, 0.25) is 0 Å². The summed E-state index contributed by atoms with van der Waals surface area (Å²) in [6.07, 6.45) is 4.01. The van der Waals surface area contributed by atoms with E-state index in [0.717, 1.165) is 11.1 Å². The fourth-order valence-electron chi connectivity index (χ4n) is 3.40. The summed E-state index contributed by atoms with van der Waals surface area (Å²) in [7, 11) is 0. The first-order valence-corrected chi connectivity index (χ1v) is 7.86. The van der Waals surface area contributed by atoms with Gasteiger partial charge in [0.25, 0.3) is 0 Å². The van der Waals surface area contributed by atoms with Gasteiger partial charge in [-0.05, 0) is 18.6 Å². The maximum atomic E-state index is 10.1. The highest BCUT2D eigenvalue weighted by Crippen LogP contribution is 2.33. The van der Waals surface area contributed by atoms with Gasteiger partial charge in [-0.2, -0.15) is 5.26 Å². The number of rotatable bonds is 3. The van der Waals surface area contributed by atoms with Gasteiger partial charge in [-0.3, -0.25) is 4.90 Å². The topological polar surface area (TPSA) is 90.6 Å². The van der Waals surface area contributed by atoms with E-state index in [2.05, 4.69) is 21.2 Å². The Kier molecular flexibility index (Phi) is 3.56. The zero-order valence-corrected chi connectivity index (χ0v) is 13.3. The van der Waals surface area contributed by atoms with Crippen LogP contribution in [0.25, 0.3) is 5.52 Å². The van der Waals surface area contributed by atoms with Crippen LogP contribution in [0, 0.1) is 18.3 Å². The van der Waals surface area contributed by atoms with Gasteiger partial charge >= 0.3 is 0 Å². The number of hydrogen-bond donors (Lipinski definition) is 1. The van der Waals surface area contributed by atoms with E-state index in [-0.39, 0.29) is 6.04 Å². The minimum absolute atomic E-state index is 0.129. The van der Waals surface area contributed by atoms with Crippen molar-refractivity contribution in [3.63, 3.8) is 0 Å². The van der Waals surface area contributed by atoms with Crippen molar-refractivity contribution in [3.05, 3.63) is 53.5 Å². The highest BCUT2D eigenvalue weighted by Gasteiger charge is 2.36. The number of aromatic nitrogens is 3. The lowest BCUT2D eigenvalue weighted by Gasteiger charge is -2.20. The molecule has 3 aromatic rings. The molecule has 1 aliphatic heterocycles. The SMILES string of the molecule is Cc1nnc([C@H]2C[C@@H](O)CN2Cc2cn3ccccc3c2C#N)o1. The summed E-state index contributed by atoms with van der Waals surface area (Å²) < 4.78 is 7.50. The summed E-state index contributed by atoms with van der Waals surface area (Å²) in [5.74, 6) is 1.03. The molecule has 0 bridgehead atoms. The van der Waals surface area contributed by atoms with Crippen LogP contribution in [0.5, 0.6) is 0 Å². The van der Waals surface area contributed by atoms with Gasteiger partial charge in [-0.25, -0.2) is 0 Å². The molecule has 0 aliphatic carbocycles. The zero-order chi connectivity index (χ0) is 16.7. The third-order valence-corrected chi connectivity index (χ3v) is 4.46. The molecule has 0 spiro atoms. The lowest BCUT2D eigenvalue weighted by atomic mass is 10.1. The maximum absolute atomic E-state index is 10.1. The van der Waals surface area contributed by atoms with E-state index in [1.807, 2.05) is 35.0 Å². The molecule has 0 aromatic carbocycles. The van der Waals surface area contributed by atoms with E-state index in [4.69, 9.17) is 4.42 Å². The second kappa shape index (κ2) is 5.74. The van der Waals surface area contributed by atoms with Crippen LogP contribution in [0.1, 0.15) is 35.4 Å². The fourth-order valence-corrected chi connectivity index (χ4v) is 3.40. The van der Waals surface area contributed by atoms with Crippen LogP contribution in [0.3, 0.4) is 0 Å². The molecular formula is C17H17N5O2. The molecule has 1 fully saturated rings. The quantitative estimate of drug-likeness (QED) is 0.790. The molecule has 4 heterocycles. The summed E-state index contributed by atoms with van der Waals surface area (Å²) in [5.41, 5.74) is 2.48. The molecule has 1 aliphatic rings. The predicted molar refractivity (Wildman–Crippen MR) is 84.9 cm³/mol. The van der Waals surface area contributed by atoms with Crippen LogP contribution in [0.15, 0.2) is 35.0 Å². The maximum Gasteiger partial charge on any atom is 0.233 e. The van der Waals surface area contributed by atoms with Gasteiger partial charge in [-0.1, -0.05) is 6.07 Å². The van der Waals surface area contributed by atoms with E-state index in [0.29, 0.717) is 36.9 Å². The van der Waals surface area contributed by atoms with Crippen LogP contribution >= 0.6 is 0 Å². The molecule has 24 heavy (non-hydrogen) atoms. The van der Waals surface area contributed by atoms with E-state index in [1.54, 1.807) is 6.92 Å². The Morgan fingerprint density at radius 3 is 3.04 bits per heavy atom. The molecule has 7 nitrogen and oxygen atoms in total. The summed E-state index contributed by atoms with van der Waals surface area (Å²) >= 11 is 0. The first kappa shape index (κ1) is 14.9. The van der Waals surface area contributed by atoms with Gasteiger partial charge in [0.15, 0.2) is 0 Å². The lowest BCUT2D eigenvalue weighted by molar-refractivity contribution is 0.170. The number of nitriles is 1. The second-order valence-corrected chi connectivity index (χ2v) is 6.13. The third kappa shape index (κ3) is 2.46. The number of likely N-dealkylation sites (tertiary alicyclic amines) is 1. The van der Waals surface area contributed by atoms with Gasteiger partial charge < -0.3 is 13.9 Å². The van der Waals surface area contributed by atoms with Crippen molar-refractivity contribution < 1.29 is 9.52 Å². The Balaban J connectivity index is 1.68. The molecule has 4 rings (SSSR count). The summed E-state index contributed by atoms with van der Waals surface area (Å²) in [5, 5.41) is 27.6. The number of fused-ring (bicyclic) bond motifs is 1. The predicted octanol–water partition coefficient (Wildman–Crippen LogP) is 1.81. The molecule has 3 aromatic heterocycles. The normalized spacial score (nSPS) is 21.4. The molecule has 0 unspecified atom stereocenters. The standard InChI is InChI=1S/C17H17N5O2/c1-11-19-20-17(24-11)16-6-13(23)10-22(16)9-12-8-21-5-3-2-4-15(21)14(12)7-18/h2-5,8,13,16,23H,6,9-10H2,1H3/t13-,16-/m1/s1. The first-order chi connectivity index (χ1) is 11.7. The Hall–Kier alpha value is -2.69. The van der Waals surface area contributed by atoms with Crippen LogP contribution in [-0.2, 0) is 6.54 Å². The van der Waals surface area contributed by atoms with Crippen LogP contribution in [0.4, 0.5) is 0 Å². The van der Waals surface area contributed by atoms with Crippen molar-refractivity contribution in [1.29, 1.82) is 5.26 Å². The van der Waals surface area contributed by atoms with Crippen LogP contribution in [-0.4, -0.2) is 37.3 Å².